The summed E-state index contributed by atoms with van der Waals surface area (Å²) in [4.78, 5) is 9.81. The van der Waals surface area contributed by atoms with Gasteiger partial charge in [0.25, 0.3) is 7.28 Å². The summed E-state index contributed by atoms with van der Waals surface area (Å²) in [6.45, 7) is 3.77. The topological polar surface area (TPSA) is 37.3 Å². The largest absolute Gasteiger partial charge is 0.489 e. The minimum absolute atomic E-state index is 0.275. The Hall–Kier alpha value is -0.465. The quantitative estimate of drug-likeness (QED) is 0.524. The highest BCUT2D eigenvalue weighted by Crippen LogP contribution is 1.95. The molecule has 2 nitrogen and oxygen atoms in total. The van der Waals surface area contributed by atoms with Gasteiger partial charge in [0, 0.05) is 0 Å². The van der Waals surface area contributed by atoms with Crippen molar-refractivity contribution in [1.29, 1.82) is 0 Å². The van der Waals surface area contributed by atoms with Crippen LogP contribution in [0.1, 0.15) is 13.8 Å². The SMILES string of the molecule is CC(C)BC(=O)O. The summed E-state index contributed by atoms with van der Waals surface area (Å²) in [6, 6.07) is 0. The standard InChI is InChI=1S/C4H9BO2/c1-3(2)5-4(6)7/h3,5H,1-2H3,(H,6,7). The second-order valence-electron chi connectivity index (χ2n) is 1.99. The Labute approximate surface area is 43.8 Å². The summed E-state index contributed by atoms with van der Waals surface area (Å²) in [6.07, 6.45) is 0. The smallest absolute Gasteiger partial charge is 0.262 e. The van der Waals surface area contributed by atoms with Gasteiger partial charge in [0.05, 0.1) is 0 Å². The van der Waals surface area contributed by atoms with Gasteiger partial charge in [-0.2, -0.15) is 0 Å². The van der Waals surface area contributed by atoms with E-state index >= 15 is 0 Å². The third kappa shape index (κ3) is 5.53. The van der Waals surface area contributed by atoms with E-state index in [0.29, 0.717) is 0 Å². The molecule has 0 rings (SSSR count). The Morgan fingerprint density at radius 3 is 2.14 bits per heavy atom. The summed E-state index contributed by atoms with van der Waals surface area (Å²) < 4.78 is 0. The van der Waals surface area contributed by atoms with Crippen molar-refractivity contribution < 1.29 is 9.90 Å². The molecule has 0 heterocycles. The lowest BCUT2D eigenvalue weighted by Crippen LogP contribution is -2.07. The number of rotatable bonds is 2. The lowest BCUT2D eigenvalue weighted by Gasteiger charge is -1.91. The van der Waals surface area contributed by atoms with Gasteiger partial charge in [-0.3, -0.25) is 4.79 Å². The fraction of sp³-hybridized carbons (Fsp3) is 0.750. The van der Waals surface area contributed by atoms with E-state index < -0.39 is 5.87 Å². The van der Waals surface area contributed by atoms with E-state index in [2.05, 4.69) is 0 Å². The van der Waals surface area contributed by atoms with Crippen LogP contribution in [0.15, 0.2) is 0 Å². The van der Waals surface area contributed by atoms with Crippen LogP contribution in [-0.4, -0.2) is 18.3 Å². The van der Waals surface area contributed by atoms with Crippen LogP contribution in [0.3, 0.4) is 0 Å². The molecular weight excluding hydrogens is 90.9 g/mol. The molecule has 0 aliphatic heterocycles. The Kier molecular flexibility index (Phi) is 2.49. The van der Waals surface area contributed by atoms with Crippen molar-refractivity contribution in [2.24, 2.45) is 0 Å². The third-order valence-corrected chi connectivity index (χ3v) is 0.583. The summed E-state index contributed by atoms with van der Waals surface area (Å²) in [5.41, 5.74) is 0. The van der Waals surface area contributed by atoms with Crippen molar-refractivity contribution in [3.63, 3.8) is 0 Å². The highest BCUT2D eigenvalue weighted by atomic mass is 16.4. The molecule has 0 saturated carbocycles. The number of carbonyl (C=O) groups is 1. The Morgan fingerprint density at radius 1 is 1.71 bits per heavy atom. The van der Waals surface area contributed by atoms with E-state index in [0.717, 1.165) is 0 Å². The van der Waals surface area contributed by atoms with Gasteiger partial charge < -0.3 is 5.11 Å². The maximum absolute atomic E-state index is 9.81. The number of hydrogen-bond acceptors (Lipinski definition) is 1. The normalized spacial score (nSPS) is 9.00. The molecule has 0 unspecified atom stereocenters. The lowest BCUT2D eigenvalue weighted by molar-refractivity contribution is 0.219. The molecule has 0 spiro atoms. The van der Waals surface area contributed by atoms with Crippen molar-refractivity contribution in [3.05, 3.63) is 0 Å². The predicted octanol–water partition coefficient (Wildman–Crippen LogP) is 0.929. The molecule has 0 aromatic carbocycles. The molecule has 0 aliphatic carbocycles. The first-order valence-electron chi connectivity index (χ1n) is 2.34. The number of hydrogen-bond donors (Lipinski definition) is 1. The predicted molar refractivity (Wildman–Crippen MR) is 30.3 cm³/mol. The minimum Gasteiger partial charge on any atom is -0.489 e. The molecule has 0 radical (unpaired) electrons. The van der Waals surface area contributed by atoms with E-state index in [9.17, 15) is 4.79 Å². The van der Waals surface area contributed by atoms with Gasteiger partial charge in [-0.1, -0.05) is 19.7 Å². The Balaban J connectivity index is 3.13. The first-order valence-corrected chi connectivity index (χ1v) is 2.34. The molecule has 7 heavy (non-hydrogen) atoms. The van der Waals surface area contributed by atoms with Crippen LogP contribution in [0.25, 0.3) is 0 Å². The average Bonchev–Trinajstić information content (AvgIpc) is 1.27. The fourth-order valence-electron chi connectivity index (χ4n) is 0.349. The molecular formula is C4H9BO2. The zero-order chi connectivity index (χ0) is 5.86. The zero-order valence-electron chi connectivity index (χ0n) is 4.64. The maximum atomic E-state index is 9.81. The maximum Gasteiger partial charge on any atom is 0.262 e. The van der Waals surface area contributed by atoms with Gasteiger partial charge in [0.2, 0.25) is 5.87 Å². The van der Waals surface area contributed by atoms with Gasteiger partial charge in [-0.05, 0) is 0 Å². The molecule has 1 N–H and O–H groups in total. The van der Waals surface area contributed by atoms with Crippen molar-refractivity contribution in [2.75, 3.05) is 0 Å². The van der Waals surface area contributed by atoms with Crippen molar-refractivity contribution in [1.82, 2.24) is 0 Å². The van der Waals surface area contributed by atoms with Crippen molar-refractivity contribution in [3.8, 4) is 0 Å². The van der Waals surface area contributed by atoms with Crippen LogP contribution in [0.2, 0.25) is 5.82 Å². The van der Waals surface area contributed by atoms with Crippen LogP contribution in [0.5, 0.6) is 0 Å². The molecule has 0 fully saturated rings. The first-order chi connectivity index (χ1) is 3.13. The molecule has 0 aliphatic rings. The summed E-state index contributed by atoms with van der Waals surface area (Å²) in [5, 5.41) is 8.08. The Morgan fingerprint density at radius 2 is 2.14 bits per heavy atom. The summed E-state index contributed by atoms with van der Waals surface area (Å²) in [5.74, 6) is -0.438. The van der Waals surface area contributed by atoms with E-state index in [1.165, 1.54) is 0 Å². The molecule has 0 aromatic heterocycles. The van der Waals surface area contributed by atoms with Crippen LogP contribution in [-0.2, 0) is 0 Å². The van der Waals surface area contributed by atoms with Crippen LogP contribution in [0, 0.1) is 0 Å². The van der Waals surface area contributed by atoms with Crippen LogP contribution in [0.4, 0.5) is 4.79 Å². The monoisotopic (exact) mass is 100 g/mol. The molecule has 0 saturated heterocycles. The summed E-state index contributed by atoms with van der Waals surface area (Å²) in [7, 11) is 0.278. The first kappa shape index (κ1) is 6.53. The second kappa shape index (κ2) is 2.67. The lowest BCUT2D eigenvalue weighted by atomic mass is 9.67. The van der Waals surface area contributed by atoms with Crippen LogP contribution < -0.4 is 0 Å². The molecule has 0 amide bonds. The molecule has 0 bridgehead atoms. The zero-order valence-corrected chi connectivity index (χ0v) is 4.64. The van der Waals surface area contributed by atoms with Gasteiger partial charge in [0.15, 0.2) is 0 Å². The fourth-order valence-corrected chi connectivity index (χ4v) is 0.349. The summed E-state index contributed by atoms with van der Waals surface area (Å²) >= 11 is 0. The number of carboxylic acid groups (broad SMARTS) is 1. The van der Waals surface area contributed by atoms with Gasteiger partial charge in [-0.25, -0.2) is 0 Å². The minimum atomic E-state index is -0.713. The van der Waals surface area contributed by atoms with E-state index in [4.69, 9.17) is 5.11 Å². The van der Waals surface area contributed by atoms with E-state index in [1.807, 2.05) is 13.8 Å². The molecule has 0 aromatic rings. The van der Waals surface area contributed by atoms with E-state index in [-0.39, 0.29) is 13.1 Å². The molecule has 0 atom stereocenters. The average molecular weight is 99.9 g/mol. The van der Waals surface area contributed by atoms with Gasteiger partial charge >= 0.3 is 0 Å². The van der Waals surface area contributed by atoms with Gasteiger partial charge in [0.1, 0.15) is 0 Å². The molecule has 40 valence electrons. The van der Waals surface area contributed by atoms with E-state index in [1.54, 1.807) is 0 Å². The van der Waals surface area contributed by atoms with Crippen molar-refractivity contribution >= 4 is 13.1 Å². The Bertz CT molecular complexity index is 70.1. The highest BCUT2D eigenvalue weighted by molar-refractivity contribution is 6.72. The highest BCUT2D eigenvalue weighted by Gasteiger charge is 2.02. The third-order valence-electron chi connectivity index (χ3n) is 0.583. The molecule has 3 heteroatoms. The van der Waals surface area contributed by atoms with Gasteiger partial charge in [-0.15, -0.1) is 0 Å². The van der Waals surface area contributed by atoms with Crippen LogP contribution >= 0.6 is 0 Å². The second-order valence-corrected chi connectivity index (χ2v) is 1.99. The van der Waals surface area contributed by atoms with Crippen molar-refractivity contribution in [2.45, 2.75) is 19.7 Å².